The van der Waals surface area contributed by atoms with E-state index in [2.05, 4.69) is 22.5 Å². The van der Waals surface area contributed by atoms with E-state index in [9.17, 15) is 0 Å². The highest BCUT2D eigenvalue weighted by Crippen LogP contribution is 2.50. The van der Waals surface area contributed by atoms with Crippen molar-refractivity contribution in [2.24, 2.45) is 5.92 Å². The van der Waals surface area contributed by atoms with Gasteiger partial charge in [0.25, 0.3) is 0 Å². The lowest BCUT2D eigenvalue weighted by atomic mass is 9.83. The number of thiophene rings is 1. The summed E-state index contributed by atoms with van der Waals surface area (Å²) >= 11 is 1.99. The van der Waals surface area contributed by atoms with Crippen molar-refractivity contribution >= 4 is 11.3 Å². The Kier molecular flexibility index (Phi) is 2.37. The molecule has 1 atom stereocenters. The molecule has 1 saturated carbocycles. The molecule has 0 spiro atoms. The Morgan fingerprint density at radius 3 is 2.94 bits per heavy atom. The first-order chi connectivity index (χ1) is 8.84. The van der Waals surface area contributed by atoms with Crippen LogP contribution >= 0.6 is 11.3 Å². The maximum Gasteiger partial charge on any atom is 0.0957 e. The van der Waals surface area contributed by atoms with E-state index >= 15 is 0 Å². The quantitative estimate of drug-likeness (QED) is 0.741. The van der Waals surface area contributed by atoms with Gasteiger partial charge in [-0.15, -0.1) is 11.3 Å². The normalized spacial score (nSPS) is 23.1. The molecule has 0 radical (unpaired) electrons. The summed E-state index contributed by atoms with van der Waals surface area (Å²) in [7, 11) is 0. The topological polar surface area (TPSA) is 17.8 Å². The van der Waals surface area contributed by atoms with Gasteiger partial charge in [0.1, 0.15) is 0 Å². The summed E-state index contributed by atoms with van der Waals surface area (Å²) in [5.74, 6) is 0.825. The van der Waals surface area contributed by atoms with Gasteiger partial charge in [-0.05, 0) is 31.7 Å². The summed E-state index contributed by atoms with van der Waals surface area (Å²) in [5, 5.41) is 0. The van der Waals surface area contributed by atoms with Gasteiger partial charge in [0.2, 0.25) is 0 Å². The Labute approximate surface area is 112 Å². The zero-order valence-electron chi connectivity index (χ0n) is 10.7. The highest BCUT2D eigenvalue weighted by molar-refractivity contribution is 7.12. The fourth-order valence-electron chi connectivity index (χ4n) is 3.70. The highest BCUT2D eigenvalue weighted by Gasteiger charge is 2.36. The van der Waals surface area contributed by atoms with Crippen molar-refractivity contribution in [2.75, 3.05) is 0 Å². The van der Waals surface area contributed by atoms with E-state index < -0.39 is 0 Å². The van der Waals surface area contributed by atoms with E-state index in [1.807, 2.05) is 23.9 Å². The van der Waals surface area contributed by atoms with Crippen LogP contribution in [0.2, 0.25) is 0 Å². The van der Waals surface area contributed by atoms with Gasteiger partial charge in [-0.3, -0.25) is 0 Å². The molecule has 0 saturated heterocycles. The molecular weight excluding hydrogens is 240 g/mol. The molecule has 1 fully saturated rings. The van der Waals surface area contributed by atoms with Crippen LogP contribution in [0.3, 0.4) is 0 Å². The maximum atomic E-state index is 4.36. The third-order valence-corrected chi connectivity index (χ3v) is 5.61. The van der Waals surface area contributed by atoms with E-state index in [0.29, 0.717) is 6.04 Å². The predicted molar refractivity (Wildman–Crippen MR) is 75.0 cm³/mol. The monoisotopic (exact) mass is 258 g/mol. The largest absolute Gasteiger partial charge is 0.322 e. The number of aryl methyl sites for hydroxylation is 1. The second-order valence-corrected chi connectivity index (χ2v) is 6.95. The van der Waals surface area contributed by atoms with Gasteiger partial charge in [0.05, 0.1) is 24.3 Å². The van der Waals surface area contributed by atoms with Gasteiger partial charge >= 0.3 is 0 Å². The molecule has 2 aromatic heterocycles. The summed E-state index contributed by atoms with van der Waals surface area (Å²) in [6.07, 6.45) is 11.1. The zero-order chi connectivity index (χ0) is 12.1. The molecule has 2 aromatic rings. The number of fused-ring (bicyclic) bond motifs is 3. The molecule has 0 N–H and O–H groups in total. The molecule has 4 rings (SSSR count). The first-order valence-electron chi connectivity index (χ1n) is 6.97. The minimum Gasteiger partial charge on any atom is -0.322 e. The molecule has 2 aliphatic rings. The van der Waals surface area contributed by atoms with Crippen molar-refractivity contribution in [3.05, 3.63) is 28.3 Å². The predicted octanol–water partition coefficient (Wildman–Crippen LogP) is 4.40. The minimum atomic E-state index is 0.580. The van der Waals surface area contributed by atoms with Crippen molar-refractivity contribution in [1.29, 1.82) is 0 Å². The standard InChI is InChI=1S/C15H18N2S/c1-10-7-12-13-8-16-9-17(13)14(15(12)18-10)11-5-3-2-4-6-11/h7-9,11,14H,2-6H2,1H3/t14-/m0/s1. The Morgan fingerprint density at radius 2 is 2.11 bits per heavy atom. The lowest BCUT2D eigenvalue weighted by Crippen LogP contribution is -2.19. The molecule has 3 heteroatoms. The smallest absolute Gasteiger partial charge is 0.0957 e. The lowest BCUT2D eigenvalue weighted by Gasteiger charge is -2.28. The van der Waals surface area contributed by atoms with Crippen LogP contribution in [0, 0.1) is 12.8 Å². The third-order valence-electron chi connectivity index (χ3n) is 4.49. The fourth-order valence-corrected chi connectivity index (χ4v) is 4.93. The molecule has 0 unspecified atom stereocenters. The van der Waals surface area contributed by atoms with Crippen molar-refractivity contribution in [3.8, 4) is 11.3 Å². The Bertz CT molecular complexity index is 575. The van der Waals surface area contributed by atoms with Crippen molar-refractivity contribution < 1.29 is 0 Å². The molecule has 1 aliphatic carbocycles. The van der Waals surface area contributed by atoms with E-state index in [-0.39, 0.29) is 0 Å². The van der Waals surface area contributed by atoms with E-state index in [1.54, 1.807) is 4.88 Å². The Morgan fingerprint density at radius 1 is 1.28 bits per heavy atom. The molecule has 0 aromatic carbocycles. The molecule has 1 aliphatic heterocycles. The maximum absolute atomic E-state index is 4.36. The number of hydrogen-bond acceptors (Lipinski definition) is 2. The molecule has 18 heavy (non-hydrogen) atoms. The summed E-state index contributed by atoms with van der Waals surface area (Å²) in [4.78, 5) is 7.40. The third kappa shape index (κ3) is 1.43. The Hall–Kier alpha value is -1.09. The molecule has 3 heterocycles. The van der Waals surface area contributed by atoms with Crippen LogP contribution in [-0.2, 0) is 0 Å². The average molecular weight is 258 g/mol. The summed E-state index contributed by atoms with van der Waals surface area (Å²) < 4.78 is 2.43. The van der Waals surface area contributed by atoms with E-state index in [1.165, 1.54) is 48.2 Å². The van der Waals surface area contributed by atoms with Crippen molar-refractivity contribution in [1.82, 2.24) is 9.55 Å². The molecule has 0 amide bonds. The van der Waals surface area contributed by atoms with Crippen LogP contribution in [0.1, 0.15) is 47.9 Å². The van der Waals surface area contributed by atoms with Crippen LogP contribution in [0.4, 0.5) is 0 Å². The first kappa shape index (κ1) is 10.8. The average Bonchev–Trinajstić information content (AvgIpc) is 3.02. The zero-order valence-corrected chi connectivity index (χ0v) is 11.5. The van der Waals surface area contributed by atoms with Crippen LogP contribution in [0.25, 0.3) is 11.3 Å². The molecular formula is C15H18N2S. The molecule has 2 nitrogen and oxygen atoms in total. The number of imidazole rings is 1. The van der Waals surface area contributed by atoms with Gasteiger partial charge in [0, 0.05) is 15.3 Å². The van der Waals surface area contributed by atoms with E-state index in [0.717, 1.165) is 5.92 Å². The van der Waals surface area contributed by atoms with Gasteiger partial charge < -0.3 is 4.57 Å². The first-order valence-corrected chi connectivity index (χ1v) is 7.79. The van der Waals surface area contributed by atoms with Gasteiger partial charge in [-0.2, -0.15) is 0 Å². The Balaban J connectivity index is 1.82. The second kappa shape index (κ2) is 3.95. The number of aromatic nitrogens is 2. The number of nitrogens with zero attached hydrogens (tertiary/aromatic N) is 2. The minimum absolute atomic E-state index is 0.580. The molecule has 0 bridgehead atoms. The van der Waals surface area contributed by atoms with Crippen LogP contribution < -0.4 is 0 Å². The SMILES string of the molecule is Cc1cc2c(s1)[C@H](C1CCCCC1)n1cncc1-2. The fraction of sp³-hybridized carbons (Fsp3) is 0.533. The number of hydrogen-bond donors (Lipinski definition) is 0. The van der Waals surface area contributed by atoms with Crippen molar-refractivity contribution in [3.63, 3.8) is 0 Å². The molecule has 94 valence electrons. The van der Waals surface area contributed by atoms with Crippen LogP contribution in [0.5, 0.6) is 0 Å². The van der Waals surface area contributed by atoms with E-state index in [4.69, 9.17) is 0 Å². The van der Waals surface area contributed by atoms with Gasteiger partial charge in [0.15, 0.2) is 0 Å². The van der Waals surface area contributed by atoms with Gasteiger partial charge in [-0.1, -0.05) is 19.3 Å². The van der Waals surface area contributed by atoms with Crippen molar-refractivity contribution in [2.45, 2.75) is 45.1 Å². The summed E-state index contributed by atoms with van der Waals surface area (Å²) in [6.45, 7) is 2.22. The number of rotatable bonds is 1. The van der Waals surface area contributed by atoms with Crippen LogP contribution in [0.15, 0.2) is 18.6 Å². The second-order valence-electron chi connectivity index (χ2n) is 5.66. The summed E-state index contributed by atoms with van der Waals surface area (Å²) in [5.41, 5.74) is 2.79. The van der Waals surface area contributed by atoms with Gasteiger partial charge in [-0.25, -0.2) is 4.98 Å². The van der Waals surface area contributed by atoms with Crippen LogP contribution in [-0.4, -0.2) is 9.55 Å². The lowest BCUT2D eigenvalue weighted by molar-refractivity contribution is 0.288. The summed E-state index contributed by atoms with van der Waals surface area (Å²) in [6, 6.07) is 2.92. The highest BCUT2D eigenvalue weighted by atomic mass is 32.1.